The molecule has 3 amide bonds. The van der Waals surface area contributed by atoms with E-state index in [-0.39, 0.29) is 11.1 Å². The molecule has 0 saturated carbocycles. The largest absolute Gasteiger partial charge is 0.480 e. The Labute approximate surface area is 114 Å². The van der Waals surface area contributed by atoms with Crippen LogP contribution in [0.4, 0.5) is 0 Å². The average molecular weight is 276 g/mol. The van der Waals surface area contributed by atoms with Crippen molar-refractivity contribution in [2.45, 2.75) is 0 Å². The highest BCUT2D eigenvalue weighted by Gasteiger charge is 2.36. The smallest absolute Gasteiger partial charge is 0.323 e. The maximum absolute atomic E-state index is 12.0. The van der Waals surface area contributed by atoms with Gasteiger partial charge in [0.25, 0.3) is 11.8 Å². The number of fused-ring (bicyclic) bond motifs is 1. The fourth-order valence-electron chi connectivity index (χ4n) is 1.93. The Balaban J connectivity index is 2.13. The fraction of sp³-hybridized carbons (Fsp3) is 0.231. The zero-order chi connectivity index (χ0) is 14.9. The predicted molar refractivity (Wildman–Crippen MR) is 67.1 cm³/mol. The third-order valence-electron chi connectivity index (χ3n) is 2.97. The number of imide groups is 1. The van der Waals surface area contributed by atoms with Crippen LogP contribution in [-0.2, 0) is 9.59 Å². The minimum Gasteiger partial charge on any atom is -0.480 e. The highest BCUT2D eigenvalue weighted by Crippen LogP contribution is 2.22. The lowest BCUT2D eigenvalue weighted by Crippen LogP contribution is -2.42. The lowest BCUT2D eigenvalue weighted by molar-refractivity contribution is -0.143. The van der Waals surface area contributed by atoms with Gasteiger partial charge in [0.05, 0.1) is 11.1 Å². The first kappa shape index (κ1) is 13.7. The highest BCUT2D eigenvalue weighted by molar-refractivity contribution is 6.22. The van der Waals surface area contributed by atoms with Crippen molar-refractivity contribution in [1.29, 1.82) is 0 Å². The molecule has 1 aromatic carbocycles. The van der Waals surface area contributed by atoms with Crippen molar-refractivity contribution in [3.05, 3.63) is 35.4 Å². The van der Waals surface area contributed by atoms with E-state index in [4.69, 9.17) is 5.11 Å². The fourth-order valence-corrected chi connectivity index (χ4v) is 1.93. The van der Waals surface area contributed by atoms with Crippen LogP contribution in [0.5, 0.6) is 0 Å². The minimum absolute atomic E-state index is 0.256. The molecule has 0 radical (unpaired) electrons. The van der Waals surface area contributed by atoms with Crippen LogP contribution in [0.25, 0.3) is 0 Å². The average Bonchev–Trinajstić information content (AvgIpc) is 2.64. The molecule has 7 heteroatoms. The van der Waals surface area contributed by atoms with E-state index in [2.05, 4.69) is 0 Å². The van der Waals surface area contributed by atoms with Crippen LogP contribution < -0.4 is 0 Å². The molecule has 0 unspecified atom stereocenters. The number of aliphatic carboxylic acids is 1. The molecule has 20 heavy (non-hydrogen) atoms. The molecular formula is C13H12N2O5. The molecule has 2 rings (SSSR count). The predicted octanol–water partition coefficient (Wildman–Crippen LogP) is -0.174. The van der Waals surface area contributed by atoms with Crippen molar-refractivity contribution in [3.63, 3.8) is 0 Å². The maximum Gasteiger partial charge on any atom is 0.323 e. The van der Waals surface area contributed by atoms with Gasteiger partial charge in [0.1, 0.15) is 13.1 Å². The van der Waals surface area contributed by atoms with Gasteiger partial charge in [-0.2, -0.15) is 0 Å². The number of benzene rings is 1. The van der Waals surface area contributed by atoms with E-state index in [1.54, 1.807) is 12.1 Å². The Hall–Kier alpha value is -2.70. The molecule has 1 N–H and O–H groups in total. The number of carboxylic acid groups (broad SMARTS) is 1. The van der Waals surface area contributed by atoms with E-state index in [0.29, 0.717) is 0 Å². The lowest BCUT2D eigenvalue weighted by Gasteiger charge is -2.18. The third kappa shape index (κ3) is 2.37. The van der Waals surface area contributed by atoms with Gasteiger partial charge in [0, 0.05) is 7.05 Å². The van der Waals surface area contributed by atoms with Gasteiger partial charge in [0.15, 0.2) is 0 Å². The maximum atomic E-state index is 12.0. The molecule has 0 aromatic heterocycles. The first-order valence-corrected chi connectivity index (χ1v) is 5.83. The van der Waals surface area contributed by atoms with Crippen molar-refractivity contribution < 1.29 is 24.3 Å². The summed E-state index contributed by atoms with van der Waals surface area (Å²) in [7, 11) is 1.30. The van der Waals surface area contributed by atoms with Crippen LogP contribution >= 0.6 is 0 Å². The van der Waals surface area contributed by atoms with E-state index in [1.165, 1.54) is 19.2 Å². The third-order valence-corrected chi connectivity index (χ3v) is 2.97. The van der Waals surface area contributed by atoms with Gasteiger partial charge in [-0.1, -0.05) is 12.1 Å². The first-order valence-electron chi connectivity index (χ1n) is 5.83. The second-order valence-electron chi connectivity index (χ2n) is 4.39. The molecule has 104 valence electrons. The number of carbonyl (C=O) groups is 4. The van der Waals surface area contributed by atoms with Gasteiger partial charge in [-0.25, -0.2) is 0 Å². The van der Waals surface area contributed by atoms with Gasteiger partial charge in [-0.3, -0.25) is 24.1 Å². The number of amides is 3. The summed E-state index contributed by atoms with van der Waals surface area (Å²) < 4.78 is 0. The van der Waals surface area contributed by atoms with Crippen LogP contribution in [-0.4, -0.2) is 58.7 Å². The van der Waals surface area contributed by atoms with Crippen molar-refractivity contribution in [3.8, 4) is 0 Å². The standard InChI is InChI=1S/C13H12N2O5/c1-14(7-11(17)18)10(16)6-15-12(19)8-4-2-3-5-9(8)13(15)20/h2-5H,6-7H2,1H3,(H,17,18). The summed E-state index contributed by atoms with van der Waals surface area (Å²) in [5.41, 5.74) is 0.511. The molecule has 1 heterocycles. The summed E-state index contributed by atoms with van der Waals surface area (Å²) in [5.74, 6) is -2.85. The summed E-state index contributed by atoms with van der Waals surface area (Å²) in [6, 6.07) is 6.29. The number of nitrogens with zero attached hydrogens (tertiary/aromatic N) is 2. The van der Waals surface area contributed by atoms with E-state index < -0.39 is 36.8 Å². The number of carboxylic acids is 1. The van der Waals surface area contributed by atoms with Gasteiger partial charge in [0.2, 0.25) is 5.91 Å². The number of likely N-dealkylation sites (N-methyl/N-ethyl adjacent to an activating group) is 1. The van der Waals surface area contributed by atoms with Crippen LogP contribution in [0.15, 0.2) is 24.3 Å². The van der Waals surface area contributed by atoms with E-state index in [1.807, 2.05) is 0 Å². The monoisotopic (exact) mass is 276 g/mol. The molecule has 0 bridgehead atoms. The van der Waals surface area contributed by atoms with Gasteiger partial charge >= 0.3 is 5.97 Å². The Bertz CT molecular complexity index is 576. The zero-order valence-electron chi connectivity index (χ0n) is 10.7. The van der Waals surface area contributed by atoms with Crippen molar-refractivity contribution in [2.75, 3.05) is 20.1 Å². The summed E-state index contributed by atoms with van der Waals surface area (Å²) in [4.78, 5) is 48.1. The molecule has 0 atom stereocenters. The Kier molecular flexibility index (Phi) is 3.51. The molecule has 1 aliphatic heterocycles. The van der Waals surface area contributed by atoms with Crippen molar-refractivity contribution >= 4 is 23.7 Å². The van der Waals surface area contributed by atoms with Crippen molar-refractivity contribution in [1.82, 2.24) is 9.80 Å². The highest BCUT2D eigenvalue weighted by atomic mass is 16.4. The van der Waals surface area contributed by atoms with Gasteiger partial charge in [-0.15, -0.1) is 0 Å². The SMILES string of the molecule is CN(CC(=O)O)C(=O)CN1C(=O)c2ccccc2C1=O. The lowest BCUT2D eigenvalue weighted by atomic mass is 10.1. The molecule has 0 spiro atoms. The zero-order valence-corrected chi connectivity index (χ0v) is 10.7. The summed E-state index contributed by atoms with van der Waals surface area (Å²) in [5, 5.41) is 8.60. The van der Waals surface area contributed by atoms with E-state index in [9.17, 15) is 19.2 Å². The Morgan fingerprint density at radius 3 is 2.10 bits per heavy atom. The molecule has 0 fully saturated rings. The van der Waals surface area contributed by atoms with Crippen LogP contribution in [0, 0.1) is 0 Å². The molecule has 0 saturated heterocycles. The Morgan fingerprint density at radius 2 is 1.65 bits per heavy atom. The molecule has 0 aliphatic carbocycles. The van der Waals surface area contributed by atoms with E-state index in [0.717, 1.165) is 9.80 Å². The van der Waals surface area contributed by atoms with Gasteiger partial charge in [-0.05, 0) is 12.1 Å². The van der Waals surface area contributed by atoms with Crippen LogP contribution in [0.2, 0.25) is 0 Å². The normalized spacial score (nSPS) is 13.3. The molecule has 1 aliphatic rings. The quantitative estimate of drug-likeness (QED) is 0.770. The summed E-state index contributed by atoms with van der Waals surface area (Å²) >= 11 is 0. The van der Waals surface area contributed by atoms with Crippen LogP contribution in [0.1, 0.15) is 20.7 Å². The number of carbonyl (C=O) groups excluding carboxylic acids is 3. The minimum atomic E-state index is -1.16. The second kappa shape index (κ2) is 5.12. The number of rotatable bonds is 4. The topological polar surface area (TPSA) is 95.0 Å². The summed E-state index contributed by atoms with van der Waals surface area (Å²) in [6.07, 6.45) is 0. The number of hydrogen-bond acceptors (Lipinski definition) is 4. The van der Waals surface area contributed by atoms with Crippen molar-refractivity contribution in [2.24, 2.45) is 0 Å². The first-order chi connectivity index (χ1) is 9.41. The second-order valence-corrected chi connectivity index (χ2v) is 4.39. The molecule has 7 nitrogen and oxygen atoms in total. The molecular weight excluding hydrogens is 264 g/mol. The Morgan fingerprint density at radius 1 is 1.15 bits per heavy atom. The van der Waals surface area contributed by atoms with Crippen LogP contribution in [0.3, 0.4) is 0 Å². The van der Waals surface area contributed by atoms with Gasteiger partial charge < -0.3 is 10.0 Å². The number of hydrogen-bond donors (Lipinski definition) is 1. The summed E-state index contributed by atoms with van der Waals surface area (Å²) in [6.45, 7) is -0.946. The van der Waals surface area contributed by atoms with E-state index >= 15 is 0 Å². The molecule has 1 aromatic rings.